The van der Waals surface area contributed by atoms with Crippen molar-refractivity contribution in [2.75, 3.05) is 13.6 Å². The second-order valence-corrected chi connectivity index (χ2v) is 9.42. The van der Waals surface area contributed by atoms with Crippen LogP contribution < -0.4 is 5.73 Å². The Morgan fingerprint density at radius 1 is 1.27 bits per heavy atom. The molecule has 1 aromatic carbocycles. The van der Waals surface area contributed by atoms with E-state index in [1.54, 1.807) is 17.5 Å². The van der Waals surface area contributed by atoms with E-state index in [0.29, 0.717) is 6.54 Å². The third kappa shape index (κ3) is 4.48. The summed E-state index contributed by atoms with van der Waals surface area (Å²) in [5.74, 6) is 0.247. The fourth-order valence-corrected chi connectivity index (χ4v) is 5.39. The van der Waals surface area contributed by atoms with Gasteiger partial charge in [-0.3, -0.25) is 9.98 Å². The largest absolute Gasteiger partial charge is 0.402 e. The number of nitrogens with zero attached hydrogens (tertiary/aromatic N) is 3. The third-order valence-corrected chi connectivity index (χ3v) is 6.61. The van der Waals surface area contributed by atoms with Crippen LogP contribution >= 0.6 is 22.9 Å². The summed E-state index contributed by atoms with van der Waals surface area (Å²) in [5.41, 5.74) is 12.7. The van der Waals surface area contributed by atoms with Crippen LogP contribution in [0.5, 0.6) is 0 Å². The fourth-order valence-electron chi connectivity index (χ4n) is 3.96. The van der Waals surface area contributed by atoms with Crippen LogP contribution in [-0.4, -0.2) is 29.7 Å². The highest BCUT2D eigenvalue weighted by atomic mass is 35.5. The maximum atomic E-state index is 6.37. The van der Waals surface area contributed by atoms with E-state index in [4.69, 9.17) is 17.3 Å². The van der Waals surface area contributed by atoms with Crippen molar-refractivity contribution in [3.8, 4) is 0 Å². The molecule has 0 fully saturated rings. The quantitative estimate of drug-likeness (QED) is 0.549. The van der Waals surface area contributed by atoms with E-state index in [0.717, 1.165) is 40.0 Å². The lowest BCUT2D eigenvalue weighted by molar-refractivity contribution is 0.299. The van der Waals surface area contributed by atoms with E-state index in [1.807, 2.05) is 31.3 Å². The number of fused-ring (bicyclic) bond motifs is 1. The average molecular weight is 437 g/mol. The Kier molecular flexibility index (Phi) is 6.32. The minimum absolute atomic E-state index is 0.247. The summed E-state index contributed by atoms with van der Waals surface area (Å²) in [7, 11) is 2.16. The highest BCUT2D eigenvalue weighted by Crippen LogP contribution is 2.41. The molecule has 4 nitrogen and oxygen atoms in total. The Bertz CT molecular complexity index is 1080. The molecule has 154 valence electrons. The van der Waals surface area contributed by atoms with Crippen molar-refractivity contribution in [2.24, 2.45) is 10.7 Å². The van der Waals surface area contributed by atoms with E-state index in [1.165, 1.54) is 16.0 Å². The van der Waals surface area contributed by atoms with Crippen molar-refractivity contribution >= 4 is 34.7 Å². The number of aliphatic imine (C=N–C) groups is 1. The van der Waals surface area contributed by atoms with Gasteiger partial charge in [0.25, 0.3) is 0 Å². The predicted octanol–water partition coefficient (Wildman–Crippen LogP) is 5.33. The number of nitrogens with two attached hydrogens (primary N) is 1. The fraction of sp³-hybridized carbons (Fsp3) is 0.250. The normalized spacial score (nSPS) is 17.8. The molecule has 1 unspecified atom stereocenters. The second-order valence-electron chi connectivity index (χ2n) is 7.65. The van der Waals surface area contributed by atoms with Gasteiger partial charge >= 0.3 is 0 Å². The van der Waals surface area contributed by atoms with Crippen molar-refractivity contribution < 1.29 is 0 Å². The SMILES string of the molecule is C/C(N)=C(/C=NCc1ccccn1)c1ccccc1C1CN(C)Cc2sc(Cl)cc21. The lowest BCUT2D eigenvalue weighted by Crippen LogP contribution is -2.30. The molecule has 2 N–H and O–H groups in total. The molecular formula is C24H25ClN4S. The number of rotatable bonds is 5. The minimum atomic E-state index is 0.247. The topological polar surface area (TPSA) is 54.5 Å². The first-order chi connectivity index (χ1) is 14.5. The first-order valence-corrected chi connectivity index (χ1v) is 11.1. The molecule has 3 heterocycles. The van der Waals surface area contributed by atoms with Gasteiger partial charge < -0.3 is 10.6 Å². The van der Waals surface area contributed by atoms with Crippen molar-refractivity contribution in [2.45, 2.75) is 25.9 Å². The third-order valence-electron chi connectivity index (χ3n) is 5.35. The standard InChI is InChI=1S/C24H25ClN4S/c1-16(26)21(13-27-12-17-7-5-6-10-28-17)18-8-3-4-9-19(18)22-14-29(2)15-23-20(22)11-24(25)30-23/h3-11,13,22H,12,14-15,26H2,1-2H3/b21-16+,27-13?. The summed E-state index contributed by atoms with van der Waals surface area (Å²) >= 11 is 8.05. The zero-order chi connectivity index (χ0) is 21.1. The van der Waals surface area contributed by atoms with Gasteiger partial charge in [-0.15, -0.1) is 11.3 Å². The molecule has 4 rings (SSSR count). The van der Waals surface area contributed by atoms with Gasteiger partial charge in [-0.25, -0.2) is 0 Å². The molecule has 0 bridgehead atoms. The van der Waals surface area contributed by atoms with Gasteiger partial charge in [0.1, 0.15) is 0 Å². The molecule has 0 saturated heterocycles. The Hall–Kier alpha value is -2.47. The summed E-state index contributed by atoms with van der Waals surface area (Å²) < 4.78 is 0.848. The Morgan fingerprint density at radius 2 is 2.07 bits per heavy atom. The van der Waals surface area contributed by atoms with Crippen LogP contribution in [0.25, 0.3) is 5.57 Å². The number of hydrogen-bond donors (Lipinski definition) is 1. The molecule has 3 aromatic rings. The maximum absolute atomic E-state index is 6.37. The van der Waals surface area contributed by atoms with Gasteiger partial charge in [0.05, 0.1) is 16.6 Å². The first-order valence-electron chi connectivity index (χ1n) is 9.95. The van der Waals surface area contributed by atoms with E-state index in [-0.39, 0.29) is 5.92 Å². The van der Waals surface area contributed by atoms with Gasteiger partial charge in [0.2, 0.25) is 0 Å². The van der Waals surface area contributed by atoms with Crippen LogP contribution in [0, 0.1) is 0 Å². The molecule has 2 aromatic heterocycles. The number of halogens is 1. The smallest absolute Gasteiger partial charge is 0.0934 e. The van der Waals surface area contributed by atoms with Crippen LogP contribution in [0.15, 0.2) is 65.4 Å². The number of allylic oxidation sites excluding steroid dienone is 2. The van der Waals surface area contributed by atoms with Gasteiger partial charge in [0.15, 0.2) is 0 Å². The first kappa shape index (κ1) is 20.8. The van der Waals surface area contributed by atoms with Gasteiger partial charge in [0, 0.05) is 47.6 Å². The van der Waals surface area contributed by atoms with Crippen molar-refractivity contribution in [1.82, 2.24) is 9.88 Å². The lowest BCUT2D eigenvalue weighted by Gasteiger charge is -2.31. The zero-order valence-electron chi connectivity index (χ0n) is 17.2. The van der Waals surface area contributed by atoms with Crippen LogP contribution in [-0.2, 0) is 13.1 Å². The highest BCUT2D eigenvalue weighted by Gasteiger charge is 2.29. The number of hydrogen-bond acceptors (Lipinski definition) is 5. The van der Waals surface area contributed by atoms with E-state index < -0.39 is 0 Å². The molecule has 1 aliphatic heterocycles. The number of benzene rings is 1. The Morgan fingerprint density at radius 3 is 2.83 bits per heavy atom. The van der Waals surface area contributed by atoms with Gasteiger partial charge in [-0.05, 0) is 48.9 Å². The molecule has 0 saturated carbocycles. The summed E-state index contributed by atoms with van der Waals surface area (Å²) in [5, 5.41) is 0. The molecule has 0 aliphatic carbocycles. The van der Waals surface area contributed by atoms with Crippen molar-refractivity contribution in [3.63, 3.8) is 0 Å². The number of pyridine rings is 1. The van der Waals surface area contributed by atoms with Crippen LogP contribution in [0.4, 0.5) is 0 Å². The molecule has 0 radical (unpaired) electrons. The monoisotopic (exact) mass is 436 g/mol. The molecule has 1 atom stereocenters. The lowest BCUT2D eigenvalue weighted by atomic mass is 9.84. The van der Waals surface area contributed by atoms with Gasteiger partial charge in [-0.2, -0.15) is 0 Å². The Labute approximate surface area is 186 Å². The Balaban J connectivity index is 1.71. The molecular weight excluding hydrogens is 412 g/mol. The van der Waals surface area contributed by atoms with Gasteiger partial charge in [-0.1, -0.05) is 41.9 Å². The molecule has 6 heteroatoms. The van der Waals surface area contributed by atoms with Crippen LogP contribution in [0.2, 0.25) is 4.34 Å². The summed E-state index contributed by atoms with van der Waals surface area (Å²) in [4.78, 5) is 12.7. The minimum Gasteiger partial charge on any atom is -0.402 e. The number of thiophene rings is 1. The maximum Gasteiger partial charge on any atom is 0.0934 e. The molecule has 30 heavy (non-hydrogen) atoms. The number of aromatic nitrogens is 1. The van der Waals surface area contributed by atoms with Crippen molar-refractivity contribution in [3.05, 3.63) is 92.0 Å². The summed E-state index contributed by atoms with van der Waals surface area (Å²) in [6, 6.07) is 16.5. The van der Waals surface area contributed by atoms with E-state index in [9.17, 15) is 0 Å². The zero-order valence-corrected chi connectivity index (χ0v) is 18.7. The molecule has 0 amide bonds. The highest BCUT2D eigenvalue weighted by molar-refractivity contribution is 7.16. The summed E-state index contributed by atoms with van der Waals surface area (Å²) in [6.07, 6.45) is 3.67. The van der Waals surface area contributed by atoms with Crippen LogP contribution in [0.1, 0.15) is 40.1 Å². The average Bonchev–Trinajstić information content (AvgIpc) is 3.11. The second kappa shape index (κ2) is 9.13. The summed E-state index contributed by atoms with van der Waals surface area (Å²) in [6.45, 7) is 4.34. The van der Waals surface area contributed by atoms with Crippen LogP contribution in [0.3, 0.4) is 0 Å². The predicted molar refractivity (Wildman–Crippen MR) is 127 cm³/mol. The molecule has 0 spiro atoms. The van der Waals surface area contributed by atoms with E-state index >= 15 is 0 Å². The molecule has 1 aliphatic rings. The van der Waals surface area contributed by atoms with Crippen molar-refractivity contribution in [1.29, 1.82) is 0 Å². The number of likely N-dealkylation sites (N-methyl/N-ethyl adjacent to an activating group) is 1. The van der Waals surface area contributed by atoms with E-state index in [2.05, 4.69) is 52.3 Å².